The van der Waals surface area contributed by atoms with E-state index in [4.69, 9.17) is 5.26 Å². The summed E-state index contributed by atoms with van der Waals surface area (Å²) in [5.41, 5.74) is 2.53. The number of carbonyl (C=O) groups excluding carboxylic acids is 1. The minimum Gasteiger partial charge on any atom is -0.324 e. The second kappa shape index (κ2) is 7.23. The Morgan fingerprint density at radius 3 is 2.67 bits per heavy atom. The molecule has 0 aromatic heterocycles. The van der Waals surface area contributed by atoms with Gasteiger partial charge in [-0.25, -0.2) is 8.42 Å². The van der Waals surface area contributed by atoms with E-state index in [0.29, 0.717) is 5.69 Å². The van der Waals surface area contributed by atoms with Crippen LogP contribution in [0.25, 0.3) is 0 Å². The molecule has 0 heterocycles. The van der Waals surface area contributed by atoms with E-state index in [-0.39, 0.29) is 12.2 Å². The van der Waals surface area contributed by atoms with Crippen LogP contribution in [0.5, 0.6) is 0 Å². The van der Waals surface area contributed by atoms with E-state index in [1.165, 1.54) is 6.92 Å². The number of nitrogens with zero attached hydrogens (tertiary/aromatic N) is 1. The maximum atomic E-state index is 12.2. The summed E-state index contributed by atoms with van der Waals surface area (Å²) in [4.78, 5) is 12.2. The highest BCUT2D eigenvalue weighted by molar-refractivity contribution is 7.92. The largest absolute Gasteiger partial charge is 0.324 e. The third-order valence-corrected chi connectivity index (χ3v) is 5.46. The third-order valence-electron chi connectivity index (χ3n) is 3.39. The van der Waals surface area contributed by atoms with Crippen LogP contribution in [-0.4, -0.2) is 25.3 Å². The number of hydrogen-bond donors (Lipinski definition) is 1. The summed E-state index contributed by atoms with van der Waals surface area (Å²) < 4.78 is 23.9. The van der Waals surface area contributed by atoms with Crippen LogP contribution in [0.15, 0.2) is 18.2 Å². The van der Waals surface area contributed by atoms with Crippen LogP contribution in [0.2, 0.25) is 0 Å². The first-order valence-electron chi connectivity index (χ1n) is 6.81. The summed E-state index contributed by atoms with van der Waals surface area (Å²) in [6.45, 7) is 5.19. The number of benzene rings is 1. The average Bonchev–Trinajstić information content (AvgIpc) is 2.46. The van der Waals surface area contributed by atoms with Gasteiger partial charge in [-0.05, 0) is 31.4 Å². The Morgan fingerprint density at radius 1 is 1.43 bits per heavy atom. The fourth-order valence-electron chi connectivity index (χ4n) is 1.95. The molecule has 1 atom stereocenters. The van der Waals surface area contributed by atoms with Crippen molar-refractivity contribution in [1.82, 2.24) is 0 Å². The monoisotopic (exact) mass is 308 g/mol. The van der Waals surface area contributed by atoms with Gasteiger partial charge in [-0.15, -0.1) is 0 Å². The van der Waals surface area contributed by atoms with E-state index in [1.807, 2.05) is 32.0 Å². The van der Waals surface area contributed by atoms with Gasteiger partial charge in [0.15, 0.2) is 9.84 Å². The molecule has 1 aromatic carbocycles. The Labute approximate surface area is 125 Å². The van der Waals surface area contributed by atoms with E-state index in [1.54, 1.807) is 6.07 Å². The van der Waals surface area contributed by atoms with Crippen LogP contribution in [0.1, 0.15) is 31.4 Å². The van der Waals surface area contributed by atoms with Crippen molar-refractivity contribution >= 4 is 21.4 Å². The first kappa shape index (κ1) is 17.2. The zero-order chi connectivity index (χ0) is 16.0. The molecule has 0 saturated heterocycles. The van der Waals surface area contributed by atoms with Crippen molar-refractivity contribution in [2.45, 2.75) is 38.9 Å². The van der Waals surface area contributed by atoms with Gasteiger partial charge < -0.3 is 5.32 Å². The van der Waals surface area contributed by atoms with Crippen LogP contribution in [-0.2, 0) is 21.1 Å². The Kier molecular flexibility index (Phi) is 5.91. The van der Waals surface area contributed by atoms with Gasteiger partial charge >= 0.3 is 0 Å². The van der Waals surface area contributed by atoms with Gasteiger partial charge in [0.05, 0.1) is 11.8 Å². The zero-order valence-corrected chi connectivity index (χ0v) is 13.3. The maximum Gasteiger partial charge on any atom is 0.242 e. The highest BCUT2D eigenvalue weighted by atomic mass is 32.2. The predicted molar refractivity (Wildman–Crippen MR) is 82.7 cm³/mol. The number of carbonyl (C=O) groups is 1. The smallest absolute Gasteiger partial charge is 0.242 e. The highest BCUT2D eigenvalue weighted by Crippen LogP contribution is 2.22. The first-order valence-corrected chi connectivity index (χ1v) is 8.53. The van der Waals surface area contributed by atoms with Crippen molar-refractivity contribution < 1.29 is 13.2 Å². The summed E-state index contributed by atoms with van der Waals surface area (Å²) in [5, 5.41) is 10.0. The summed E-state index contributed by atoms with van der Waals surface area (Å²) in [6, 6.07) is 7.45. The quantitative estimate of drug-likeness (QED) is 0.873. The summed E-state index contributed by atoms with van der Waals surface area (Å²) in [5.74, 6) is -0.858. The molecular weight excluding hydrogens is 288 g/mol. The van der Waals surface area contributed by atoms with Gasteiger partial charge in [0.25, 0.3) is 0 Å². The van der Waals surface area contributed by atoms with E-state index in [9.17, 15) is 13.2 Å². The lowest BCUT2D eigenvalue weighted by atomic mass is 10.1. The molecule has 1 unspecified atom stereocenters. The van der Waals surface area contributed by atoms with Gasteiger partial charge in [0, 0.05) is 12.1 Å². The number of nitrogens with one attached hydrogen (secondary N) is 1. The zero-order valence-electron chi connectivity index (χ0n) is 12.5. The normalized spacial score (nSPS) is 12.5. The number of rotatable bonds is 6. The van der Waals surface area contributed by atoms with Gasteiger partial charge in [-0.1, -0.05) is 25.1 Å². The number of hydrogen-bond acceptors (Lipinski definition) is 4. The Bertz CT molecular complexity index is 660. The topological polar surface area (TPSA) is 87.0 Å². The van der Waals surface area contributed by atoms with Gasteiger partial charge in [0.1, 0.15) is 5.25 Å². The SMILES string of the molecule is CCc1cccc(C)c1NC(=O)C(C)S(=O)(=O)CCC#N. The molecule has 0 aliphatic carbocycles. The average molecular weight is 308 g/mol. The fourth-order valence-corrected chi connectivity index (χ4v) is 3.07. The van der Waals surface area contributed by atoms with Crippen molar-refractivity contribution in [2.24, 2.45) is 0 Å². The molecule has 0 spiro atoms. The number of sulfone groups is 1. The molecule has 6 heteroatoms. The molecule has 0 saturated carbocycles. The minimum atomic E-state index is -3.61. The summed E-state index contributed by atoms with van der Waals surface area (Å²) >= 11 is 0. The lowest BCUT2D eigenvalue weighted by Crippen LogP contribution is -2.34. The van der Waals surface area contributed by atoms with Gasteiger partial charge in [0.2, 0.25) is 5.91 Å². The van der Waals surface area contributed by atoms with Crippen molar-refractivity contribution in [3.63, 3.8) is 0 Å². The maximum absolute atomic E-state index is 12.2. The van der Waals surface area contributed by atoms with Crippen LogP contribution in [0, 0.1) is 18.3 Å². The lowest BCUT2D eigenvalue weighted by Gasteiger charge is -2.16. The van der Waals surface area contributed by atoms with Crippen LogP contribution in [0.3, 0.4) is 0 Å². The number of aryl methyl sites for hydroxylation is 2. The molecule has 1 amide bonds. The number of amides is 1. The van der Waals surface area contributed by atoms with E-state index >= 15 is 0 Å². The van der Waals surface area contributed by atoms with Crippen molar-refractivity contribution in [2.75, 3.05) is 11.1 Å². The van der Waals surface area contributed by atoms with Crippen LogP contribution in [0.4, 0.5) is 5.69 Å². The molecule has 1 N–H and O–H groups in total. The standard InChI is InChI=1S/C15H20N2O3S/c1-4-13-8-5-7-11(2)14(13)17-15(18)12(3)21(19,20)10-6-9-16/h5,7-8,12H,4,6,10H2,1-3H3,(H,17,18). The van der Waals surface area contributed by atoms with Crippen LogP contribution >= 0.6 is 0 Å². The second-order valence-corrected chi connectivity index (χ2v) is 7.31. The molecule has 0 bridgehead atoms. The van der Waals surface area contributed by atoms with Crippen molar-refractivity contribution in [3.8, 4) is 6.07 Å². The van der Waals surface area contributed by atoms with Crippen molar-refractivity contribution in [1.29, 1.82) is 5.26 Å². The molecule has 5 nitrogen and oxygen atoms in total. The van der Waals surface area contributed by atoms with E-state index in [0.717, 1.165) is 17.5 Å². The molecule has 0 aliphatic heterocycles. The van der Waals surface area contributed by atoms with Crippen LogP contribution < -0.4 is 5.32 Å². The molecule has 21 heavy (non-hydrogen) atoms. The molecule has 0 fully saturated rings. The molecular formula is C15H20N2O3S. The molecule has 1 rings (SSSR count). The minimum absolute atomic E-state index is 0.107. The third kappa shape index (κ3) is 4.30. The molecule has 1 aromatic rings. The molecule has 0 radical (unpaired) electrons. The first-order chi connectivity index (χ1) is 9.83. The lowest BCUT2D eigenvalue weighted by molar-refractivity contribution is -0.115. The fraction of sp³-hybridized carbons (Fsp3) is 0.467. The Balaban J connectivity index is 2.95. The summed E-state index contributed by atoms with van der Waals surface area (Å²) in [7, 11) is -3.61. The number of nitriles is 1. The highest BCUT2D eigenvalue weighted by Gasteiger charge is 2.28. The van der Waals surface area contributed by atoms with E-state index < -0.39 is 21.0 Å². The number of para-hydroxylation sites is 1. The molecule has 0 aliphatic rings. The molecule has 114 valence electrons. The predicted octanol–water partition coefficient (Wildman–Crippen LogP) is 2.21. The Morgan fingerprint density at radius 2 is 2.10 bits per heavy atom. The number of anilines is 1. The van der Waals surface area contributed by atoms with Gasteiger partial charge in [-0.2, -0.15) is 5.26 Å². The summed E-state index contributed by atoms with van der Waals surface area (Å²) in [6.07, 6.45) is 0.636. The Hall–Kier alpha value is -1.87. The van der Waals surface area contributed by atoms with Crippen molar-refractivity contribution in [3.05, 3.63) is 29.3 Å². The second-order valence-electron chi connectivity index (χ2n) is 4.87. The van der Waals surface area contributed by atoms with Gasteiger partial charge in [-0.3, -0.25) is 4.79 Å². The van der Waals surface area contributed by atoms with E-state index in [2.05, 4.69) is 5.32 Å².